The monoisotopic (exact) mass is 804 g/mol. The Morgan fingerprint density at radius 1 is 0.862 bits per heavy atom. The zero-order valence-corrected chi connectivity index (χ0v) is 34.2. The molecule has 1 atom stereocenters. The Labute approximate surface area is 343 Å². The number of rotatable bonds is 8. The van der Waals surface area contributed by atoms with E-state index in [4.69, 9.17) is 16.3 Å². The fraction of sp³-hybridized carbons (Fsp3) is 0.467. The molecule has 4 heterocycles. The SMILES string of the molecule is CC1(C)C(NC(=O)c2ccc(N3CCC(CN4CCc5cc6c(cc5CC4)C(=O)N(C4CCC(=O)NC4=O)C6=O)CC3)cc2)C(C)(C)C1Oc1ccc(C#N)c(Cl)c1. The Morgan fingerprint density at radius 3 is 2.05 bits per heavy atom. The standard InChI is InChI=1S/C45H49ClN6O6/c1-44(2)42(45(3,4)43(44)58-32-10-7-30(24-47)35(46)23-32)49-38(54)27-5-8-31(9-6-27)51-19-13-26(14-20-51)25-50-17-15-28-21-33-34(22-29(28)16-18-50)41(57)52(40(33)56)36-11-12-37(53)48-39(36)55/h5-10,21-23,26,36,42-43H,11-20,25H2,1-4H3,(H,49,54)(H,48,53,55). The summed E-state index contributed by atoms with van der Waals surface area (Å²) in [5.74, 6) is -0.876. The van der Waals surface area contributed by atoms with E-state index in [1.165, 1.54) is 0 Å². The summed E-state index contributed by atoms with van der Waals surface area (Å²) in [6, 6.07) is 17.6. The first-order valence-electron chi connectivity index (χ1n) is 20.3. The van der Waals surface area contributed by atoms with Gasteiger partial charge in [-0.3, -0.25) is 34.2 Å². The van der Waals surface area contributed by atoms with Crippen molar-refractivity contribution < 1.29 is 28.7 Å². The summed E-state index contributed by atoms with van der Waals surface area (Å²) in [6.07, 6.45) is 3.73. The molecule has 5 aliphatic rings. The number of anilines is 1. The highest BCUT2D eigenvalue weighted by molar-refractivity contribution is 6.31. The molecule has 1 unspecified atom stereocenters. The summed E-state index contributed by atoms with van der Waals surface area (Å²) in [4.78, 5) is 70.3. The van der Waals surface area contributed by atoms with Crippen LogP contribution in [0.1, 0.15) is 101 Å². The van der Waals surface area contributed by atoms with E-state index in [0.717, 1.165) is 80.1 Å². The Kier molecular flexibility index (Phi) is 10.3. The molecule has 302 valence electrons. The Morgan fingerprint density at radius 2 is 1.48 bits per heavy atom. The number of fused-ring (bicyclic) bond motifs is 2. The molecule has 2 N–H and O–H groups in total. The predicted molar refractivity (Wildman–Crippen MR) is 218 cm³/mol. The van der Waals surface area contributed by atoms with Gasteiger partial charge in [-0.15, -0.1) is 0 Å². The molecule has 0 aromatic heterocycles. The highest BCUT2D eigenvalue weighted by Crippen LogP contribution is 2.55. The zero-order chi connectivity index (χ0) is 41.1. The number of piperidine rings is 2. The molecule has 0 bridgehead atoms. The first kappa shape index (κ1) is 39.6. The highest BCUT2D eigenvalue weighted by atomic mass is 35.5. The molecule has 3 aromatic carbocycles. The molecule has 0 radical (unpaired) electrons. The first-order chi connectivity index (χ1) is 27.6. The Bertz CT molecular complexity index is 2180. The number of amides is 5. The number of carbonyl (C=O) groups excluding carboxylic acids is 5. The fourth-order valence-corrected chi connectivity index (χ4v) is 10.5. The van der Waals surface area contributed by atoms with Crippen molar-refractivity contribution in [3.8, 4) is 11.8 Å². The van der Waals surface area contributed by atoms with Gasteiger partial charge >= 0.3 is 0 Å². The van der Waals surface area contributed by atoms with Gasteiger partial charge in [0, 0.05) is 73.3 Å². The molecule has 12 nitrogen and oxygen atoms in total. The summed E-state index contributed by atoms with van der Waals surface area (Å²) in [6.45, 7) is 13.0. The number of nitriles is 1. The van der Waals surface area contributed by atoms with Crippen LogP contribution >= 0.6 is 11.6 Å². The average molecular weight is 805 g/mol. The van der Waals surface area contributed by atoms with Gasteiger partial charge in [0.2, 0.25) is 11.8 Å². The number of hydrogen-bond acceptors (Lipinski definition) is 9. The van der Waals surface area contributed by atoms with Crippen molar-refractivity contribution in [3.05, 3.63) is 93.0 Å². The molecule has 1 aliphatic carbocycles. The quantitative estimate of drug-likeness (QED) is 0.280. The molecule has 0 spiro atoms. The van der Waals surface area contributed by atoms with Crippen molar-refractivity contribution in [2.75, 3.05) is 37.6 Å². The summed E-state index contributed by atoms with van der Waals surface area (Å²) in [7, 11) is 0. The molecule has 3 aromatic rings. The maximum atomic E-state index is 13.5. The molecule has 4 aliphatic heterocycles. The van der Waals surface area contributed by atoms with Crippen molar-refractivity contribution in [1.82, 2.24) is 20.4 Å². The van der Waals surface area contributed by atoms with E-state index in [0.29, 0.717) is 38.9 Å². The Hall–Kier alpha value is -5.25. The molecule has 8 rings (SSSR count). The van der Waals surface area contributed by atoms with Gasteiger partial charge in [-0.2, -0.15) is 5.26 Å². The summed E-state index contributed by atoms with van der Waals surface area (Å²) >= 11 is 6.25. The lowest BCUT2D eigenvalue weighted by atomic mass is 9.49. The molecule has 1 saturated carbocycles. The number of ether oxygens (including phenoxy) is 1. The zero-order valence-electron chi connectivity index (χ0n) is 33.4. The Balaban J connectivity index is 0.815. The smallest absolute Gasteiger partial charge is 0.262 e. The van der Waals surface area contributed by atoms with Crippen LogP contribution in [0.3, 0.4) is 0 Å². The van der Waals surface area contributed by atoms with Gasteiger partial charge in [0.1, 0.15) is 24.0 Å². The predicted octanol–water partition coefficient (Wildman–Crippen LogP) is 5.54. The largest absolute Gasteiger partial charge is 0.489 e. The van der Waals surface area contributed by atoms with Crippen LogP contribution in [0.4, 0.5) is 5.69 Å². The minimum absolute atomic E-state index is 0.0979. The second kappa shape index (κ2) is 15.2. The van der Waals surface area contributed by atoms with Crippen molar-refractivity contribution in [3.63, 3.8) is 0 Å². The third-order valence-electron chi connectivity index (χ3n) is 13.2. The summed E-state index contributed by atoms with van der Waals surface area (Å²) < 4.78 is 6.38. The van der Waals surface area contributed by atoms with Gasteiger partial charge in [-0.1, -0.05) is 39.3 Å². The molecular formula is C45H49ClN6O6. The van der Waals surface area contributed by atoms with Crippen LogP contribution in [0.15, 0.2) is 54.6 Å². The molecule has 2 saturated heterocycles. The molecule has 3 fully saturated rings. The third-order valence-corrected chi connectivity index (χ3v) is 13.5. The fourth-order valence-electron chi connectivity index (χ4n) is 10.3. The van der Waals surface area contributed by atoms with Gasteiger partial charge in [-0.05, 0) is 97.7 Å². The van der Waals surface area contributed by atoms with Gasteiger partial charge in [0.25, 0.3) is 17.7 Å². The average Bonchev–Trinajstić information content (AvgIpc) is 3.30. The van der Waals surface area contributed by atoms with Crippen LogP contribution in [-0.2, 0) is 22.4 Å². The topological polar surface area (TPSA) is 152 Å². The van der Waals surface area contributed by atoms with E-state index < -0.39 is 23.8 Å². The normalized spacial score (nSPS) is 24.2. The number of carbonyl (C=O) groups is 5. The number of nitrogens with zero attached hydrogens (tertiary/aromatic N) is 4. The van der Waals surface area contributed by atoms with E-state index in [9.17, 15) is 29.2 Å². The van der Waals surface area contributed by atoms with Crippen LogP contribution in [0.2, 0.25) is 5.02 Å². The van der Waals surface area contributed by atoms with Crippen molar-refractivity contribution in [2.24, 2.45) is 16.7 Å². The van der Waals surface area contributed by atoms with Crippen molar-refractivity contribution >= 4 is 46.8 Å². The molecule has 58 heavy (non-hydrogen) atoms. The summed E-state index contributed by atoms with van der Waals surface area (Å²) in [5.41, 5.74) is 4.24. The van der Waals surface area contributed by atoms with Crippen LogP contribution in [-0.4, -0.2) is 90.2 Å². The van der Waals surface area contributed by atoms with Gasteiger partial charge in [0.05, 0.1) is 21.7 Å². The number of halogens is 1. The molecule has 13 heteroatoms. The highest BCUT2D eigenvalue weighted by Gasteiger charge is 2.64. The number of nitrogens with one attached hydrogen (secondary N) is 2. The number of imide groups is 2. The van der Waals surface area contributed by atoms with E-state index >= 15 is 0 Å². The summed E-state index contributed by atoms with van der Waals surface area (Å²) in [5, 5.41) is 15.1. The molecular weight excluding hydrogens is 756 g/mol. The van der Waals surface area contributed by atoms with E-state index in [1.807, 2.05) is 36.4 Å². The lowest BCUT2D eigenvalue weighted by Crippen LogP contribution is -2.74. The number of benzene rings is 3. The second-order valence-electron chi connectivity index (χ2n) is 17.7. The van der Waals surface area contributed by atoms with Crippen molar-refractivity contribution in [1.29, 1.82) is 5.26 Å². The lowest BCUT2D eigenvalue weighted by molar-refractivity contribution is -0.164. The minimum Gasteiger partial charge on any atom is -0.489 e. The lowest BCUT2D eigenvalue weighted by Gasteiger charge is -2.63. The number of hydrogen-bond donors (Lipinski definition) is 2. The first-order valence-corrected chi connectivity index (χ1v) is 20.7. The van der Waals surface area contributed by atoms with Gasteiger partial charge < -0.3 is 19.9 Å². The van der Waals surface area contributed by atoms with Crippen LogP contribution in [0, 0.1) is 28.1 Å². The minimum atomic E-state index is -0.962. The van der Waals surface area contributed by atoms with Gasteiger partial charge in [-0.25, -0.2) is 0 Å². The van der Waals surface area contributed by atoms with E-state index in [1.54, 1.807) is 18.2 Å². The van der Waals surface area contributed by atoms with Gasteiger partial charge in [0.15, 0.2) is 0 Å². The maximum absolute atomic E-state index is 13.5. The van der Waals surface area contributed by atoms with E-state index in [-0.39, 0.29) is 47.6 Å². The molecule has 5 amide bonds. The second-order valence-corrected chi connectivity index (χ2v) is 18.1. The van der Waals surface area contributed by atoms with Crippen LogP contribution in [0.25, 0.3) is 0 Å². The van der Waals surface area contributed by atoms with Crippen molar-refractivity contribution in [2.45, 2.75) is 84.4 Å². The van der Waals surface area contributed by atoms with Crippen LogP contribution < -0.4 is 20.3 Å². The maximum Gasteiger partial charge on any atom is 0.262 e. The van der Waals surface area contributed by atoms with Crippen LogP contribution in [0.5, 0.6) is 5.75 Å². The third kappa shape index (κ3) is 7.13. The van der Waals surface area contributed by atoms with E-state index in [2.05, 4.69) is 54.2 Å².